The van der Waals surface area contributed by atoms with Crippen molar-refractivity contribution >= 4 is 23.3 Å². The second-order valence-corrected chi connectivity index (χ2v) is 7.71. The number of thiophene rings is 1. The third-order valence-electron chi connectivity index (χ3n) is 5.11. The van der Waals surface area contributed by atoms with Gasteiger partial charge in [0.15, 0.2) is 6.54 Å². The van der Waals surface area contributed by atoms with E-state index in [1.807, 2.05) is 0 Å². The summed E-state index contributed by atoms with van der Waals surface area (Å²) < 4.78 is 0. The number of hydrogen-bond donors (Lipinski definition) is 3. The highest BCUT2D eigenvalue weighted by Crippen LogP contribution is 2.24. The third-order valence-corrected chi connectivity index (χ3v) is 6.11. The van der Waals surface area contributed by atoms with Gasteiger partial charge in [0.25, 0.3) is 5.91 Å². The monoisotopic (exact) mass is 336 g/mol. The zero-order valence-corrected chi connectivity index (χ0v) is 14.5. The van der Waals surface area contributed by atoms with Crippen LogP contribution in [0.5, 0.6) is 0 Å². The zero-order chi connectivity index (χ0) is 16.2. The van der Waals surface area contributed by atoms with Gasteiger partial charge in [0.05, 0.1) is 6.54 Å². The summed E-state index contributed by atoms with van der Waals surface area (Å²) in [7, 11) is 0. The van der Waals surface area contributed by atoms with Gasteiger partial charge in [-0.25, -0.2) is 4.79 Å². The van der Waals surface area contributed by atoms with E-state index in [1.54, 1.807) is 11.3 Å². The second-order valence-electron chi connectivity index (χ2n) is 6.71. The molecule has 0 bridgehead atoms. The molecule has 1 aromatic rings. The molecule has 1 saturated carbocycles. The number of quaternary nitrogens is 1. The molecule has 1 aliphatic carbocycles. The van der Waals surface area contributed by atoms with Crippen LogP contribution in [-0.2, 0) is 11.2 Å². The van der Waals surface area contributed by atoms with E-state index in [-0.39, 0.29) is 18.0 Å². The Morgan fingerprint density at radius 2 is 2.09 bits per heavy atom. The van der Waals surface area contributed by atoms with Crippen molar-refractivity contribution < 1.29 is 14.5 Å². The maximum Gasteiger partial charge on any atom is 0.321 e. The Morgan fingerprint density at radius 3 is 2.87 bits per heavy atom. The average molecular weight is 336 g/mol. The fourth-order valence-corrected chi connectivity index (χ4v) is 4.72. The van der Waals surface area contributed by atoms with Gasteiger partial charge in [-0.1, -0.05) is 19.3 Å². The first-order valence-electron chi connectivity index (χ1n) is 8.64. The van der Waals surface area contributed by atoms with Gasteiger partial charge in [-0.15, -0.1) is 11.3 Å². The van der Waals surface area contributed by atoms with Crippen molar-refractivity contribution in [2.45, 2.75) is 57.5 Å². The van der Waals surface area contributed by atoms with Crippen molar-refractivity contribution in [2.24, 2.45) is 0 Å². The van der Waals surface area contributed by atoms with Crippen LogP contribution >= 0.6 is 11.3 Å². The molecular formula is C17H26N3O2S+. The van der Waals surface area contributed by atoms with Crippen LogP contribution in [0.25, 0.3) is 0 Å². The molecule has 3 amide bonds. The number of rotatable bonds is 3. The van der Waals surface area contributed by atoms with Crippen LogP contribution in [0, 0.1) is 0 Å². The van der Waals surface area contributed by atoms with E-state index in [0.29, 0.717) is 12.6 Å². The number of fused-ring (bicyclic) bond motifs is 1. The van der Waals surface area contributed by atoms with Crippen LogP contribution in [-0.4, -0.2) is 31.1 Å². The van der Waals surface area contributed by atoms with Crippen molar-refractivity contribution in [2.75, 3.05) is 13.1 Å². The lowest BCUT2D eigenvalue weighted by molar-refractivity contribution is -0.924. The maximum absolute atomic E-state index is 12.2. The Balaban J connectivity index is 1.46. The van der Waals surface area contributed by atoms with Gasteiger partial charge in [0.1, 0.15) is 6.04 Å². The first-order chi connectivity index (χ1) is 11.1. The molecule has 126 valence electrons. The fourth-order valence-electron chi connectivity index (χ4n) is 3.74. The van der Waals surface area contributed by atoms with Crippen LogP contribution in [0.3, 0.4) is 0 Å². The third kappa shape index (κ3) is 4.12. The number of nitrogens with one attached hydrogen (secondary N) is 3. The lowest BCUT2D eigenvalue weighted by Gasteiger charge is -2.30. The number of carbonyl (C=O) groups is 2. The van der Waals surface area contributed by atoms with Crippen LogP contribution in [0.2, 0.25) is 0 Å². The van der Waals surface area contributed by atoms with Crippen molar-refractivity contribution in [3.8, 4) is 0 Å². The van der Waals surface area contributed by atoms with E-state index >= 15 is 0 Å². The first kappa shape index (κ1) is 16.5. The molecule has 3 N–H and O–H groups in total. The van der Waals surface area contributed by atoms with Crippen LogP contribution < -0.4 is 15.5 Å². The minimum atomic E-state index is -0.331. The molecule has 1 fully saturated rings. The number of imide groups is 1. The topological polar surface area (TPSA) is 62.6 Å². The number of hydrogen-bond acceptors (Lipinski definition) is 3. The molecule has 0 spiro atoms. The molecule has 0 saturated heterocycles. The standard InChI is InChI=1S/C17H25N3O2S/c1-12-14-8-10-23-15(14)7-9-20(12)11-16(21)19-17(22)18-13-5-3-2-4-6-13/h8,10,12-13H,2-7,9,11H2,1H3,(H2,18,19,21,22)/p+1/t12-/m1/s1. The normalized spacial score (nSPS) is 24.7. The number of amides is 3. The van der Waals surface area contributed by atoms with E-state index in [4.69, 9.17) is 0 Å². The summed E-state index contributed by atoms with van der Waals surface area (Å²) >= 11 is 1.80. The molecule has 1 unspecified atom stereocenters. The summed E-state index contributed by atoms with van der Waals surface area (Å²) in [5.41, 5.74) is 1.36. The molecule has 6 heteroatoms. The van der Waals surface area contributed by atoms with Gasteiger partial charge in [-0.3, -0.25) is 10.1 Å². The Labute approximate surface area is 141 Å². The molecular weight excluding hydrogens is 310 g/mol. The quantitative estimate of drug-likeness (QED) is 0.781. The van der Waals surface area contributed by atoms with Gasteiger partial charge in [0.2, 0.25) is 0 Å². The first-order valence-corrected chi connectivity index (χ1v) is 9.52. The van der Waals surface area contributed by atoms with Crippen molar-refractivity contribution in [3.63, 3.8) is 0 Å². The molecule has 2 atom stereocenters. The van der Waals surface area contributed by atoms with E-state index in [0.717, 1.165) is 38.6 Å². The molecule has 3 rings (SSSR count). The van der Waals surface area contributed by atoms with Crippen molar-refractivity contribution in [3.05, 3.63) is 21.9 Å². The Bertz CT molecular complexity index is 566. The lowest BCUT2D eigenvalue weighted by atomic mass is 9.96. The van der Waals surface area contributed by atoms with Crippen LogP contribution in [0.4, 0.5) is 4.79 Å². The van der Waals surface area contributed by atoms with E-state index < -0.39 is 0 Å². The lowest BCUT2D eigenvalue weighted by Crippen LogP contribution is -3.14. The smallest absolute Gasteiger partial charge is 0.321 e. The predicted octanol–water partition coefficient (Wildman–Crippen LogP) is 1.41. The van der Waals surface area contributed by atoms with E-state index in [1.165, 1.54) is 21.8 Å². The number of urea groups is 1. The highest BCUT2D eigenvalue weighted by Gasteiger charge is 2.30. The highest BCUT2D eigenvalue weighted by molar-refractivity contribution is 7.10. The molecule has 0 aromatic carbocycles. The molecule has 5 nitrogen and oxygen atoms in total. The Kier molecular flexibility index (Phi) is 5.33. The molecule has 2 heterocycles. The summed E-state index contributed by atoms with van der Waals surface area (Å²) in [5.74, 6) is -0.182. The van der Waals surface area contributed by atoms with E-state index in [9.17, 15) is 9.59 Å². The molecule has 1 aromatic heterocycles. The summed E-state index contributed by atoms with van der Waals surface area (Å²) in [5, 5.41) is 7.56. The highest BCUT2D eigenvalue weighted by atomic mass is 32.1. The van der Waals surface area contributed by atoms with Gasteiger partial charge in [0, 0.05) is 22.9 Å². The summed E-state index contributed by atoms with van der Waals surface area (Å²) in [6.45, 7) is 3.47. The second kappa shape index (κ2) is 7.45. The predicted molar refractivity (Wildman–Crippen MR) is 90.7 cm³/mol. The minimum Gasteiger partial charge on any atom is -0.335 e. The largest absolute Gasteiger partial charge is 0.335 e. The molecule has 2 aliphatic rings. The van der Waals surface area contributed by atoms with Crippen LogP contribution in [0.1, 0.15) is 55.5 Å². The van der Waals surface area contributed by atoms with Gasteiger partial charge >= 0.3 is 6.03 Å². The minimum absolute atomic E-state index is 0.182. The number of carbonyl (C=O) groups excluding carboxylic acids is 2. The average Bonchev–Trinajstić information content (AvgIpc) is 3.00. The molecule has 23 heavy (non-hydrogen) atoms. The zero-order valence-electron chi connectivity index (χ0n) is 13.7. The van der Waals surface area contributed by atoms with Gasteiger partial charge in [-0.2, -0.15) is 0 Å². The maximum atomic E-state index is 12.2. The van der Waals surface area contributed by atoms with Gasteiger partial charge < -0.3 is 10.2 Å². The van der Waals surface area contributed by atoms with E-state index in [2.05, 4.69) is 29.0 Å². The Morgan fingerprint density at radius 1 is 1.30 bits per heavy atom. The molecule has 1 aliphatic heterocycles. The van der Waals surface area contributed by atoms with Crippen molar-refractivity contribution in [1.82, 2.24) is 10.6 Å². The van der Waals surface area contributed by atoms with Gasteiger partial charge in [-0.05, 0) is 31.2 Å². The molecule has 0 radical (unpaired) electrons. The SMILES string of the molecule is C[C@@H]1c2ccsc2CC[NH+]1CC(=O)NC(=O)NC1CCCCC1. The van der Waals surface area contributed by atoms with Crippen LogP contribution in [0.15, 0.2) is 11.4 Å². The summed E-state index contributed by atoms with van der Waals surface area (Å²) in [6.07, 6.45) is 6.65. The summed E-state index contributed by atoms with van der Waals surface area (Å²) in [6, 6.07) is 2.38. The fraction of sp³-hybridized carbons (Fsp3) is 0.647. The Hall–Kier alpha value is -1.40. The van der Waals surface area contributed by atoms with Crippen molar-refractivity contribution in [1.29, 1.82) is 0 Å². The summed E-state index contributed by atoms with van der Waals surface area (Å²) in [4.78, 5) is 26.8.